The van der Waals surface area contributed by atoms with Crippen LogP contribution in [0.15, 0.2) is 51.6 Å². The molecule has 1 heterocycles. The van der Waals surface area contributed by atoms with Crippen molar-refractivity contribution in [1.29, 1.82) is 0 Å². The highest BCUT2D eigenvalue weighted by atomic mass is 79.9. The van der Waals surface area contributed by atoms with E-state index in [1.54, 1.807) is 6.26 Å². The van der Waals surface area contributed by atoms with Gasteiger partial charge in [-0.25, -0.2) is 0 Å². The first kappa shape index (κ1) is 14.3. The summed E-state index contributed by atoms with van der Waals surface area (Å²) in [7, 11) is 2.07. The molecule has 2 aromatic rings. The predicted octanol–water partition coefficient (Wildman–Crippen LogP) is 3.56. The van der Waals surface area contributed by atoms with Crippen LogP contribution in [0.3, 0.4) is 0 Å². The normalized spacial score (nSPS) is 14.6. The van der Waals surface area contributed by atoms with E-state index in [0.29, 0.717) is 0 Å². The summed E-state index contributed by atoms with van der Waals surface area (Å²) in [6, 6.07) is 12.4. The van der Waals surface area contributed by atoms with Crippen LogP contribution in [0.1, 0.15) is 24.3 Å². The van der Waals surface area contributed by atoms with Gasteiger partial charge in [-0.2, -0.15) is 0 Å². The number of hydrogen-bond donors (Lipinski definition) is 1. The van der Waals surface area contributed by atoms with Crippen LogP contribution in [-0.4, -0.2) is 18.0 Å². The highest BCUT2D eigenvalue weighted by Gasteiger charge is 2.21. The van der Waals surface area contributed by atoms with E-state index in [9.17, 15) is 0 Å². The van der Waals surface area contributed by atoms with Crippen molar-refractivity contribution >= 4 is 15.9 Å². The molecule has 0 radical (unpaired) electrons. The Labute approximate surface area is 122 Å². The zero-order valence-corrected chi connectivity index (χ0v) is 12.8. The quantitative estimate of drug-likeness (QED) is 0.915. The third kappa shape index (κ3) is 3.69. The minimum absolute atomic E-state index is 0.0427. The molecule has 0 amide bonds. The van der Waals surface area contributed by atoms with E-state index in [4.69, 9.17) is 10.2 Å². The number of nitrogens with zero attached hydrogens (tertiary/aromatic N) is 1. The molecule has 102 valence electrons. The molecule has 0 aliphatic heterocycles. The first-order valence-electron chi connectivity index (χ1n) is 6.31. The number of likely N-dealkylation sites (N-methyl/N-ethyl adjacent to an activating group) is 1. The lowest BCUT2D eigenvalue weighted by Crippen LogP contribution is -2.36. The second-order valence-electron chi connectivity index (χ2n) is 4.85. The first-order valence-corrected chi connectivity index (χ1v) is 7.11. The minimum Gasteiger partial charge on any atom is -0.468 e. The van der Waals surface area contributed by atoms with Gasteiger partial charge in [0.25, 0.3) is 0 Å². The van der Waals surface area contributed by atoms with Gasteiger partial charge in [-0.1, -0.05) is 28.1 Å². The van der Waals surface area contributed by atoms with Gasteiger partial charge in [0.15, 0.2) is 0 Å². The minimum atomic E-state index is 0.0427. The Morgan fingerprint density at radius 1 is 1.26 bits per heavy atom. The molecule has 2 unspecified atom stereocenters. The smallest absolute Gasteiger partial charge is 0.117 e. The molecule has 0 fully saturated rings. The second kappa shape index (κ2) is 6.37. The summed E-state index contributed by atoms with van der Waals surface area (Å²) in [6.45, 7) is 2.78. The third-order valence-corrected chi connectivity index (χ3v) is 3.70. The molecule has 2 N–H and O–H groups in total. The number of halogens is 1. The second-order valence-corrected chi connectivity index (χ2v) is 5.77. The predicted molar refractivity (Wildman–Crippen MR) is 80.7 cm³/mol. The van der Waals surface area contributed by atoms with Gasteiger partial charge >= 0.3 is 0 Å². The fourth-order valence-corrected chi connectivity index (χ4v) is 2.63. The SMILES string of the molecule is CC(N)C(c1ccc(Br)cc1)N(C)Cc1ccco1. The maximum absolute atomic E-state index is 6.15. The number of hydrogen-bond acceptors (Lipinski definition) is 3. The molecule has 0 aliphatic rings. The Kier molecular flexibility index (Phi) is 4.80. The van der Waals surface area contributed by atoms with Gasteiger partial charge in [-0.05, 0) is 43.8 Å². The van der Waals surface area contributed by atoms with E-state index >= 15 is 0 Å². The van der Waals surface area contributed by atoms with Crippen molar-refractivity contribution in [3.63, 3.8) is 0 Å². The maximum atomic E-state index is 6.15. The zero-order chi connectivity index (χ0) is 13.8. The van der Waals surface area contributed by atoms with Crippen molar-refractivity contribution in [2.75, 3.05) is 7.05 Å². The molecule has 0 saturated carbocycles. The highest BCUT2D eigenvalue weighted by Crippen LogP contribution is 2.25. The number of rotatable bonds is 5. The summed E-state index contributed by atoms with van der Waals surface area (Å²) >= 11 is 3.46. The summed E-state index contributed by atoms with van der Waals surface area (Å²) in [5, 5.41) is 0. The van der Waals surface area contributed by atoms with E-state index in [1.807, 2.05) is 31.2 Å². The fraction of sp³-hybridized carbons (Fsp3) is 0.333. The third-order valence-electron chi connectivity index (χ3n) is 3.17. The highest BCUT2D eigenvalue weighted by molar-refractivity contribution is 9.10. The average molecular weight is 323 g/mol. The van der Waals surface area contributed by atoms with E-state index in [2.05, 4.69) is 40.0 Å². The van der Waals surface area contributed by atoms with E-state index in [0.717, 1.165) is 16.8 Å². The largest absolute Gasteiger partial charge is 0.468 e. The van der Waals surface area contributed by atoms with Crippen molar-refractivity contribution in [1.82, 2.24) is 4.90 Å². The summed E-state index contributed by atoms with van der Waals surface area (Å²) < 4.78 is 6.48. The molecule has 1 aromatic carbocycles. The van der Waals surface area contributed by atoms with E-state index < -0.39 is 0 Å². The molecule has 4 heteroatoms. The Balaban J connectivity index is 2.17. The van der Waals surface area contributed by atoms with Crippen LogP contribution in [0.2, 0.25) is 0 Å². The van der Waals surface area contributed by atoms with Crippen LogP contribution in [0.5, 0.6) is 0 Å². The molecule has 1 aromatic heterocycles. The van der Waals surface area contributed by atoms with Gasteiger partial charge in [0.2, 0.25) is 0 Å². The summed E-state index contributed by atoms with van der Waals surface area (Å²) in [5.74, 6) is 0.949. The summed E-state index contributed by atoms with van der Waals surface area (Å²) in [4.78, 5) is 2.22. The van der Waals surface area contributed by atoms with Crippen LogP contribution in [-0.2, 0) is 6.54 Å². The molecule has 0 bridgehead atoms. The molecule has 2 rings (SSSR count). The molecular weight excluding hydrogens is 304 g/mol. The number of benzene rings is 1. The van der Waals surface area contributed by atoms with Gasteiger partial charge in [-0.3, -0.25) is 4.90 Å². The van der Waals surface area contributed by atoms with Crippen molar-refractivity contribution < 1.29 is 4.42 Å². The van der Waals surface area contributed by atoms with Gasteiger partial charge in [-0.15, -0.1) is 0 Å². The fourth-order valence-electron chi connectivity index (χ4n) is 2.37. The molecule has 3 nitrogen and oxygen atoms in total. The topological polar surface area (TPSA) is 42.4 Å². The lowest BCUT2D eigenvalue weighted by molar-refractivity contribution is 0.196. The Hall–Kier alpha value is -1.10. The first-order chi connectivity index (χ1) is 9.08. The average Bonchev–Trinajstić information content (AvgIpc) is 2.84. The van der Waals surface area contributed by atoms with Crippen LogP contribution >= 0.6 is 15.9 Å². The lowest BCUT2D eigenvalue weighted by atomic mass is 9.99. The molecule has 0 aliphatic carbocycles. The van der Waals surface area contributed by atoms with Gasteiger partial charge in [0.1, 0.15) is 5.76 Å². The number of furan rings is 1. The molecule has 19 heavy (non-hydrogen) atoms. The van der Waals surface area contributed by atoms with Crippen LogP contribution < -0.4 is 5.73 Å². The van der Waals surface area contributed by atoms with Crippen molar-refractivity contribution in [3.8, 4) is 0 Å². The van der Waals surface area contributed by atoms with Gasteiger partial charge in [0.05, 0.1) is 12.8 Å². The Morgan fingerprint density at radius 2 is 1.95 bits per heavy atom. The van der Waals surface area contributed by atoms with Crippen LogP contribution in [0.25, 0.3) is 0 Å². The van der Waals surface area contributed by atoms with Crippen LogP contribution in [0.4, 0.5) is 0 Å². The summed E-state index contributed by atoms with van der Waals surface area (Å²) in [6.07, 6.45) is 1.70. The zero-order valence-electron chi connectivity index (χ0n) is 11.2. The monoisotopic (exact) mass is 322 g/mol. The van der Waals surface area contributed by atoms with Gasteiger partial charge in [0, 0.05) is 16.6 Å². The van der Waals surface area contributed by atoms with Crippen LogP contribution in [0, 0.1) is 0 Å². The Bertz CT molecular complexity index is 493. The lowest BCUT2D eigenvalue weighted by Gasteiger charge is -2.31. The molecule has 2 atom stereocenters. The van der Waals surface area contributed by atoms with Crippen molar-refractivity contribution in [2.24, 2.45) is 5.73 Å². The number of nitrogens with two attached hydrogens (primary N) is 1. The standard InChI is InChI=1S/C15H19BrN2O/c1-11(17)15(12-5-7-13(16)8-6-12)18(2)10-14-4-3-9-19-14/h3-9,11,15H,10,17H2,1-2H3. The van der Waals surface area contributed by atoms with E-state index in [1.165, 1.54) is 5.56 Å². The molecule has 0 spiro atoms. The van der Waals surface area contributed by atoms with Gasteiger partial charge < -0.3 is 10.2 Å². The van der Waals surface area contributed by atoms with Crippen molar-refractivity contribution in [2.45, 2.75) is 25.6 Å². The molecular formula is C15H19BrN2O. The van der Waals surface area contributed by atoms with E-state index in [-0.39, 0.29) is 12.1 Å². The maximum Gasteiger partial charge on any atom is 0.117 e. The summed E-state index contributed by atoms with van der Waals surface area (Å²) in [5.41, 5.74) is 7.37. The molecule has 0 saturated heterocycles. The Morgan fingerprint density at radius 3 is 2.47 bits per heavy atom. The van der Waals surface area contributed by atoms with Crippen molar-refractivity contribution in [3.05, 3.63) is 58.5 Å².